The number of ether oxygens (including phenoxy) is 4. The molecule has 8 heteroatoms. The number of fused-ring (bicyclic) bond motifs is 1. The minimum absolute atomic E-state index is 0.119. The van der Waals surface area contributed by atoms with Crippen molar-refractivity contribution in [2.24, 2.45) is 0 Å². The molecule has 0 fully saturated rings. The van der Waals surface area contributed by atoms with E-state index >= 15 is 0 Å². The van der Waals surface area contributed by atoms with Crippen molar-refractivity contribution in [3.8, 4) is 23.0 Å². The molecule has 1 aliphatic rings. The van der Waals surface area contributed by atoms with Crippen LogP contribution in [0.25, 0.3) is 0 Å². The highest BCUT2D eigenvalue weighted by molar-refractivity contribution is 7.92. The highest BCUT2D eigenvalue weighted by Crippen LogP contribution is 2.38. The van der Waals surface area contributed by atoms with Gasteiger partial charge in [0, 0.05) is 18.7 Å². The SMILES string of the molecule is CCN(c1cc(OC)ccc1OC)S(=O)(=O)c1ccc2c(c1)OCCO2. The topological polar surface area (TPSA) is 74.3 Å². The van der Waals surface area contributed by atoms with E-state index in [1.165, 1.54) is 30.7 Å². The lowest BCUT2D eigenvalue weighted by Gasteiger charge is -2.26. The highest BCUT2D eigenvalue weighted by Gasteiger charge is 2.28. The van der Waals surface area contributed by atoms with Gasteiger partial charge in [0.15, 0.2) is 11.5 Å². The average Bonchev–Trinajstić information content (AvgIpc) is 2.67. The van der Waals surface area contributed by atoms with Crippen molar-refractivity contribution in [1.82, 2.24) is 0 Å². The van der Waals surface area contributed by atoms with Crippen LogP contribution in [0.5, 0.6) is 23.0 Å². The van der Waals surface area contributed by atoms with Gasteiger partial charge in [-0.25, -0.2) is 8.42 Å². The molecule has 0 saturated carbocycles. The zero-order valence-corrected chi connectivity index (χ0v) is 15.7. The van der Waals surface area contributed by atoms with Crippen LogP contribution >= 0.6 is 0 Å². The van der Waals surface area contributed by atoms with Gasteiger partial charge in [-0.1, -0.05) is 0 Å². The van der Waals surface area contributed by atoms with Gasteiger partial charge >= 0.3 is 0 Å². The van der Waals surface area contributed by atoms with E-state index in [9.17, 15) is 8.42 Å². The molecule has 0 radical (unpaired) electrons. The zero-order chi connectivity index (χ0) is 18.7. The number of nitrogens with zero attached hydrogens (tertiary/aromatic N) is 1. The van der Waals surface area contributed by atoms with Crippen LogP contribution in [-0.2, 0) is 10.0 Å². The first-order valence-electron chi connectivity index (χ1n) is 8.15. The lowest BCUT2D eigenvalue weighted by Crippen LogP contribution is -2.31. The molecule has 0 saturated heterocycles. The number of sulfonamides is 1. The Morgan fingerprint density at radius 1 is 1.00 bits per heavy atom. The number of hydrogen-bond acceptors (Lipinski definition) is 6. The zero-order valence-electron chi connectivity index (χ0n) is 14.9. The maximum absolute atomic E-state index is 13.3. The van der Waals surface area contributed by atoms with Crippen molar-refractivity contribution in [2.45, 2.75) is 11.8 Å². The van der Waals surface area contributed by atoms with Crippen molar-refractivity contribution in [3.63, 3.8) is 0 Å². The average molecular weight is 379 g/mol. The van der Waals surface area contributed by atoms with Crippen LogP contribution in [0.4, 0.5) is 5.69 Å². The number of benzene rings is 2. The fourth-order valence-electron chi connectivity index (χ4n) is 2.77. The monoisotopic (exact) mass is 379 g/mol. The molecule has 0 aromatic heterocycles. The number of methoxy groups -OCH3 is 2. The minimum Gasteiger partial charge on any atom is -0.497 e. The van der Waals surface area contributed by atoms with Crippen LogP contribution < -0.4 is 23.3 Å². The molecule has 2 aromatic carbocycles. The Balaban J connectivity index is 2.07. The normalized spacial score (nSPS) is 13.2. The van der Waals surface area contributed by atoms with E-state index in [1.807, 2.05) is 0 Å². The van der Waals surface area contributed by atoms with Crippen molar-refractivity contribution in [3.05, 3.63) is 36.4 Å². The summed E-state index contributed by atoms with van der Waals surface area (Å²) in [5.41, 5.74) is 0.407. The molecule has 0 aliphatic carbocycles. The maximum Gasteiger partial charge on any atom is 0.264 e. The van der Waals surface area contributed by atoms with Crippen LogP contribution in [-0.4, -0.2) is 42.4 Å². The van der Waals surface area contributed by atoms with Crippen molar-refractivity contribution in [2.75, 3.05) is 38.3 Å². The predicted octanol–water partition coefficient (Wildman–Crippen LogP) is 2.69. The van der Waals surface area contributed by atoms with Gasteiger partial charge in [0.05, 0.1) is 24.8 Å². The Hall–Kier alpha value is -2.61. The Morgan fingerprint density at radius 2 is 1.73 bits per heavy atom. The third kappa shape index (κ3) is 3.24. The van der Waals surface area contributed by atoms with Gasteiger partial charge < -0.3 is 18.9 Å². The summed E-state index contributed by atoms with van der Waals surface area (Å²) in [7, 11) is -0.812. The summed E-state index contributed by atoms with van der Waals surface area (Å²) in [5, 5.41) is 0. The van der Waals surface area contributed by atoms with Crippen molar-refractivity contribution < 1.29 is 27.4 Å². The molecule has 0 bridgehead atoms. The molecule has 0 atom stereocenters. The molecule has 0 N–H and O–H groups in total. The second kappa shape index (κ2) is 7.33. The first-order chi connectivity index (χ1) is 12.5. The molecule has 1 heterocycles. The van der Waals surface area contributed by atoms with E-state index in [-0.39, 0.29) is 11.4 Å². The summed E-state index contributed by atoms with van der Waals surface area (Å²) < 4.78 is 49.3. The molecule has 140 valence electrons. The summed E-state index contributed by atoms with van der Waals surface area (Å²) >= 11 is 0. The van der Waals surface area contributed by atoms with Gasteiger partial charge in [-0.15, -0.1) is 0 Å². The van der Waals surface area contributed by atoms with Gasteiger partial charge in [0.1, 0.15) is 24.7 Å². The fourth-order valence-corrected chi connectivity index (χ4v) is 4.26. The van der Waals surface area contributed by atoms with Crippen LogP contribution in [0.1, 0.15) is 6.92 Å². The Morgan fingerprint density at radius 3 is 2.38 bits per heavy atom. The molecular weight excluding hydrogens is 358 g/mol. The Bertz CT molecular complexity index is 897. The fraction of sp³-hybridized carbons (Fsp3) is 0.333. The van der Waals surface area contributed by atoms with E-state index in [0.29, 0.717) is 41.9 Å². The lowest BCUT2D eigenvalue weighted by molar-refractivity contribution is 0.171. The second-order valence-electron chi connectivity index (χ2n) is 5.51. The molecule has 7 nitrogen and oxygen atoms in total. The predicted molar refractivity (Wildman–Crippen MR) is 97.2 cm³/mol. The van der Waals surface area contributed by atoms with E-state index in [2.05, 4.69) is 0 Å². The van der Waals surface area contributed by atoms with Gasteiger partial charge in [0.25, 0.3) is 10.0 Å². The smallest absolute Gasteiger partial charge is 0.264 e. The highest BCUT2D eigenvalue weighted by atomic mass is 32.2. The molecule has 26 heavy (non-hydrogen) atoms. The lowest BCUT2D eigenvalue weighted by atomic mass is 10.2. The molecule has 0 amide bonds. The summed E-state index contributed by atoms with van der Waals surface area (Å²) in [6, 6.07) is 9.64. The number of rotatable bonds is 6. The Kier molecular flexibility index (Phi) is 5.13. The van der Waals surface area contributed by atoms with Gasteiger partial charge in [-0.05, 0) is 31.2 Å². The molecule has 0 spiro atoms. The first kappa shape index (κ1) is 18.2. The molecule has 0 unspecified atom stereocenters. The molecule has 1 aliphatic heterocycles. The largest absolute Gasteiger partial charge is 0.497 e. The summed E-state index contributed by atoms with van der Waals surface area (Å²) in [6.07, 6.45) is 0. The van der Waals surface area contributed by atoms with Crippen LogP contribution in [0.2, 0.25) is 0 Å². The van der Waals surface area contributed by atoms with Gasteiger partial charge in [0.2, 0.25) is 0 Å². The van der Waals surface area contributed by atoms with E-state index in [0.717, 1.165) is 0 Å². The van der Waals surface area contributed by atoms with E-state index in [4.69, 9.17) is 18.9 Å². The van der Waals surface area contributed by atoms with Crippen molar-refractivity contribution >= 4 is 15.7 Å². The molecular formula is C18H21NO6S. The number of anilines is 1. The second-order valence-corrected chi connectivity index (χ2v) is 7.38. The first-order valence-corrected chi connectivity index (χ1v) is 9.59. The van der Waals surface area contributed by atoms with E-state index in [1.54, 1.807) is 31.2 Å². The van der Waals surface area contributed by atoms with Crippen LogP contribution in [0.3, 0.4) is 0 Å². The third-order valence-electron chi connectivity index (χ3n) is 4.04. The quantitative estimate of drug-likeness (QED) is 0.768. The summed E-state index contributed by atoms with van der Waals surface area (Å²) in [5.74, 6) is 1.94. The number of hydrogen-bond donors (Lipinski definition) is 0. The molecule has 3 rings (SSSR count). The maximum atomic E-state index is 13.3. The van der Waals surface area contributed by atoms with E-state index < -0.39 is 10.0 Å². The van der Waals surface area contributed by atoms with Crippen LogP contribution in [0, 0.1) is 0 Å². The summed E-state index contributed by atoms with van der Waals surface area (Å²) in [4.78, 5) is 0.119. The summed E-state index contributed by atoms with van der Waals surface area (Å²) in [6.45, 7) is 2.81. The van der Waals surface area contributed by atoms with Crippen molar-refractivity contribution in [1.29, 1.82) is 0 Å². The van der Waals surface area contributed by atoms with Gasteiger partial charge in [-0.2, -0.15) is 0 Å². The van der Waals surface area contributed by atoms with Crippen LogP contribution in [0.15, 0.2) is 41.3 Å². The standard InChI is InChI=1S/C18H21NO6S/c1-4-19(15-11-13(22-2)5-7-16(15)23-3)26(20,21)14-6-8-17-18(12-14)25-10-9-24-17/h5-8,11-12H,4,9-10H2,1-3H3. The van der Waals surface area contributed by atoms with Gasteiger partial charge in [-0.3, -0.25) is 4.31 Å². The minimum atomic E-state index is -3.83. The Labute approximate surface area is 153 Å². The third-order valence-corrected chi connectivity index (χ3v) is 5.93. The molecule has 2 aromatic rings.